The molecule has 7 nitrogen and oxygen atoms in total. The molecular formula is C18H21N3O4S. The Morgan fingerprint density at radius 3 is 2.35 bits per heavy atom. The lowest BCUT2D eigenvalue weighted by atomic mass is 10.1. The van der Waals surface area contributed by atoms with Gasteiger partial charge in [-0.15, -0.1) is 11.3 Å². The van der Waals surface area contributed by atoms with Gasteiger partial charge in [-0.2, -0.15) is 0 Å². The van der Waals surface area contributed by atoms with Crippen LogP contribution in [0.3, 0.4) is 0 Å². The minimum atomic E-state index is -0.0242. The number of aromatic amines is 1. The molecule has 1 N–H and O–H groups in total. The van der Waals surface area contributed by atoms with Gasteiger partial charge in [-0.25, -0.2) is 4.98 Å². The van der Waals surface area contributed by atoms with E-state index in [-0.39, 0.29) is 5.56 Å². The van der Waals surface area contributed by atoms with Crippen molar-refractivity contribution < 1.29 is 14.2 Å². The highest BCUT2D eigenvalue weighted by Gasteiger charge is 2.15. The molecule has 0 amide bonds. The minimum Gasteiger partial charge on any atom is -0.493 e. The summed E-state index contributed by atoms with van der Waals surface area (Å²) < 4.78 is 17.7. The van der Waals surface area contributed by atoms with E-state index >= 15 is 0 Å². The average molecular weight is 375 g/mol. The van der Waals surface area contributed by atoms with Crippen molar-refractivity contribution in [1.29, 1.82) is 0 Å². The van der Waals surface area contributed by atoms with Crippen LogP contribution >= 0.6 is 11.3 Å². The molecule has 3 aromatic rings. The number of hydrogen-bond acceptors (Lipinski definition) is 6. The van der Waals surface area contributed by atoms with E-state index in [4.69, 9.17) is 14.2 Å². The smallest absolute Gasteiger partial charge is 0.266 e. The number of hydrogen-bond donors (Lipinski definition) is 1. The number of nitrogens with one attached hydrogen (secondary N) is 1. The summed E-state index contributed by atoms with van der Waals surface area (Å²) in [6, 6.07) is 5.33. The zero-order chi connectivity index (χ0) is 18.7. The van der Waals surface area contributed by atoms with Gasteiger partial charge in [0, 0.05) is 35.7 Å². The molecule has 0 spiro atoms. The zero-order valence-electron chi connectivity index (χ0n) is 15.2. The molecule has 2 aromatic heterocycles. The number of H-pyrrole nitrogens is 1. The maximum Gasteiger partial charge on any atom is 0.266 e. The van der Waals surface area contributed by atoms with Crippen molar-refractivity contribution in [3.8, 4) is 28.5 Å². The van der Waals surface area contributed by atoms with Crippen LogP contribution in [-0.4, -0.2) is 36.1 Å². The monoisotopic (exact) mass is 375 g/mol. The average Bonchev–Trinajstić information content (AvgIpc) is 3.24. The number of thiazole rings is 1. The SMILES string of the molecule is COc1cc(-c2csc(CCn3[nH]c(C)cc3=O)n2)cc(OC)c1OC. The Balaban J connectivity index is 1.83. The molecule has 0 unspecified atom stereocenters. The molecule has 2 heterocycles. The molecule has 0 saturated carbocycles. The van der Waals surface area contributed by atoms with Gasteiger partial charge in [0.15, 0.2) is 11.5 Å². The summed E-state index contributed by atoms with van der Waals surface area (Å²) in [5, 5.41) is 5.97. The summed E-state index contributed by atoms with van der Waals surface area (Å²) in [7, 11) is 4.75. The summed E-state index contributed by atoms with van der Waals surface area (Å²) in [6.07, 6.45) is 0.676. The quantitative estimate of drug-likeness (QED) is 0.687. The molecule has 0 aliphatic heterocycles. The van der Waals surface area contributed by atoms with E-state index in [9.17, 15) is 4.79 Å². The van der Waals surface area contributed by atoms with Gasteiger partial charge < -0.3 is 14.2 Å². The summed E-state index contributed by atoms with van der Waals surface area (Å²) in [5.74, 6) is 1.73. The molecular weight excluding hydrogens is 354 g/mol. The van der Waals surface area contributed by atoms with Gasteiger partial charge in [0.25, 0.3) is 5.56 Å². The Morgan fingerprint density at radius 1 is 1.12 bits per heavy atom. The topological polar surface area (TPSA) is 78.4 Å². The maximum atomic E-state index is 11.8. The van der Waals surface area contributed by atoms with Gasteiger partial charge in [-0.1, -0.05) is 0 Å². The molecule has 0 radical (unpaired) electrons. The molecule has 0 saturated heterocycles. The van der Waals surface area contributed by atoms with Crippen LogP contribution in [0.1, 0.15) is 10.7 Å². The molecule has 0 bridgehead atoms. The van der Waals surface area contributed by atoms with Crippen molar-refractivity contribution in [2.24, 2.45) is 0 Å². The highest BCUT2D eigenvalue weighted by Crippen LogP contribution is 2.41. The second kappa shape index (κ2) is 7.65. The van der Waals surface area contributed by atoms with Crippen LogP contribution in [0.5, 0.6) is 17.2 Å². The summed E-state index contributed by atoms with van der Waals surface area (Å²) in [5.41, 5.74) is 2.55. The lowest BCUT2D eigenvalue weighted by Gasteiger charge is -2.13. The second-order valence-electron chi connectivity index (χ2n) is 5.72. The van der Waals surface area contributed by atoms with E-state index in [0.717, 1.165) is 22.0 Å². The van der Waals surface area contributed by atoms with E-state index < -0.39 is 0 Å². The van der Waals surface area contributed by atoms with Crippen LogP contribution in [0.25, 0.3) is 11.3 Å². The number of ether oxygens (including phenoxy) is 3. The first-order valence-corrected chi connectivity index (χ1v) is 8.95. The molecule has 0 atom stereocenters. The van der Waals surface area contributed by atoms with Crippen molar-refractivity contribution in [3.63, 3.8) is 0 Å². The van der Waals surface area contributed by atoms with E-state index in [1.807, 2.05) is 24.4 Å². The third-order valence-corrected chi connectivity index (χ3v) is 4.89. The second-order valence-corrected chi connectivity index (χ2v) is 6.66. The van der Waals surface area contributed by atoms with Crippen LogP contribution in [0.2, 0.25) is 0 Å². The van der Waals surface area contributed by atoms with E-state index in [2.05, 4.69) is 10.1 Å². The van der Waals surface area contributed by atoms with Crippen LogP contribution < -0.4 is 19.8 Å². The van der Waals surface area contributed by atoms with Crippen LogP contribution in [0.4, 0.5) is 0 Å². The first kappa shape index (κ1) is 18.1. The Labute approximate surface area is 155 Å². The largest absolute Gasteiger partial charge is 0.493 e. The third-order valence-electron chi connectivity index (χ3n) is 3.98. The number of aryl methyl sites for hydroxylation is 3. The zero-order valence-corrected chi connectivity index (χ0v) is 16.0. The lowest BCUT2D eigenvalue weighted by molar-refractivity contribution is 0.324. The summed E-state index contributed by atoms with van der Waals surface area (Å²) in [6.45, 7) is 2.43. The van der Waals surface area contributed by atoms with Gasteiger partial charge >= 0.3 is 0 Å². The maximum absolute atomic E-state index is 11.8. The number of benzene rings is 1. The van der Waals surface area contributed by atoms with Crippen LogP contribution in [0, 0.1) is 6.92 Å². The third kappa shape index (κ3) is 3.60. The van der Waals surface area contributed by atoms with Crippen molar-refractivity contribution in [2.45, 2.75) is 19.9 Å². The molecule has 1 aromatic carbocycles. The summed E-state index contributed by atoms with van der Waals surface area (Å²) >= 11 is 1.56. The van der Waals surface area contributed by atoms with E-state index in [1.165, 1.54) is 0 Å². The Morgan fingerprint density at radius 2 is 1.81 bits per heavy atom. The first-order valence-electron chi connectivity index (χ1n) is 8.07. The fraction of sp³-hybridized carbons (Fsp3) is 0.333. The molecule has 26 heavy (non-hydrogen) atoms. The van der Waals surface area contributed by atoms with Gasteiger partial charge in [0.1, 0.15) is 0 Å². The predicted octanol–water partition coefficient (Wildman–Crippen LogP) is 2.88. The molecule has 0 aliphatic rings. The highest BCUT2D eigenvalue weighted by atomic mass is 32.1. The Bertz CT molecular complexity index is 932. The molecule has 8 heteroatoms. The van der Waals surface area contributed by atoms with Gasteiger partial charge in [0.2, 0.25) is 5.75 Å². The van der Waals surface area contributed by atoms with Crippen LogP contribution in [0.15, 0.2) is 28.4 Å². The molecule has 0 fully saturated rings. The molecule has 138 valence electrons. The van der Waals surface area contributed by atoms with Gasteiger partial charge in [-0.05, 0) is 19.1 Å². The molecule has 0 aliphatic carbocycles. The minimum absolute atomic E-state index is 0.0242. The van der Waals surface area contributed by atoms with E-state index in [0.29, 0.717) is 30.2 Å². The number of methoxy groups -OCH3 is 3. The van der Waals surface area contributed by atoms with Crippen molar-refractivity contribution >= 4 is 11.3 Å². The Hall–Kier alpha value is -2.74. The Kier molecular flexibility index (Phi) is 5.32. The number of nitrogens with zero attached hydrogens (tertiary/aromatic N) is 2. The fourth-order valence-corrected chi connectivity index (χ4v) is 3.52. The normalized spacial score (nSPS) is 10.8. The van der Waals surface area contributed by atoms with Gasteiger partial charge in [-0.3, -0.25) is 14.6 Å². The number of rotatable bonds is 7. The first-order chi connectivity index (χ1) is 12.5. The standard InChI is InChI=1S/C18H21N3O4S/c1-11-7-17(22)21(20-11)6-5-16-19-13(10-26-16)12-8-14(23-2)18(25-4)15(9-12)24-3/h7-10,20H,5-6H2,1-4H3. The lowest BCUT2D eigenvalue weighted by Crippen LogP contribution is -2.17. The predicted molar refractivity (Wildman–Crippen MR) is 101 cm³/mol. The van der Waals surface area contributed by atoms with E-state index in [1.54, 1.807) is 43.4 Å². The van der Waals surface area contributed by atoms with Gasteiger partial charge in [0.05, 0.1) is 32.0 Å². The summed E-state index contributed by atoms with van der Waals surface area (Å²) in [4.78, 5) is 16.4. The number of aromatic nitrogens is 3. The van der Waals surface area contributed by atoms with Crippen molar-refractivity contribution in [2.75, 3.05) is 21.3 Å². The molecule has 3 rings (SSSR count). The van der Waals surface area contributed by atoms with Crippen molar-refractivity contribution in [1.82, 2.24) is 14.8 Å². The highest BCUT2D eigenvalue weighted by molar-refractivity contribution is 7.09. The van der Waals surface area contributed by atoms with Crippen molar-refractivity contribution in [3.05, 3.63) is 44.6 Å². The fourth-order valence-electron chi connectivity index (χ4n) is 2.72. The van der Waals surface area contributed by atoms with Crippen LogP contribution in [-0.2, 0) is 13.0 Å².